The van der Waals surface area contributed by atoms with Crippen molar-refractivity contribution in [2.24, 2.45) is 0 Å². The predicted octanol–water partition coefficient (Wildman–Crippen LogP) is 3.86. The molecule has 0 saturated heterocycles. The van der Waals surface area contributed by atoms with Crippen LogP contribution in [0.5, 0.6) is 5.75 Å². The highest BCUT2D eigenvalue weighted by atomic mass is 16.5. The quantitative estimate of drug-likeness (QED) is 0.927. The summed E-state index contributed by atoms with van der Waals surface area (Å²) in [4.78, 5) is 0. The number of methoxy groups -OCH3 is 1. The van der Waals surface area contributed by atoms with Gasteiger partial charge < -0.3 is 10.1 Å². The third-order valence-electron chi connectivity index (χ3n) is 4.09. The van der Waals surface area contributed by atoms with Crippen molar-refractivity contribution in [3.05, 3.63) is 59.7 Å². The number of benzene rings is 2. The van der Waals surface area contributed by atoms with Gasteiger partial charge in [0.1, 0.15) is 5.75 Å². The van der Waals surface area contributed by atoms with Gasteiger partial charge in [0.25, 0.3) is 0 Å². The van der Waals surface area contributed by atoms with Gasteiger partial charge in [-0.25, -0.2) is 0 Å². The van der Waals surface area contributed by atoms with Crippen molar-refractivity contribution in [1.29, 1.82) is 5.26 Å². The van der Waals surface area contributed by atoms with Crippen LogP contribution in [0.4, 0.5) is 5.69 Å². The van der Waals surface area contributed by atoms with E-state index in [-0.39, 0.29) is 0 Å². The highest BCUT2D eigenvalue weighted by Crippen LogP contribution is 2.38. The molecule has 21 heavy (non-hydrogen) atoms. The van der Waals surface area contributed by atoms with Gasteiger partial charge in [-0.05, 0) is 42.5 Å². The van der Waals surface area contributed by atoms with E-state index >= 15 is 0 Å². The molecule has 1 unspecified atom stereocenters. The van der Waals surface area contributed by atoms with E-state index < -0.39 is 5.54 Å². The Morgan fingerprint density at radius 2 is 2.05 bits per heavy atom. The summed E-state index contributed by atoms with van der Waals surface area (Å²) >= 11 is 0. The molecule has 1 N–H and O–H groups in total. The van der Waals surface area contributed by atoms with Gasteiger partial charge >= 0.3 is 0 Å². The lowest BCUT2D eigenvalue weighted by Crippen LogP contribution is -2.37. The number of fused-ring (bicyclic) bond motifs is 1. The molecule has 2 aromatic carbocycles. The Morgan fingerprint density at radius 3 is 2.86 bits per heavy atom. The molecule has 1 aliphatic carbocycles. The third-order valence-corrected chi connectivity index (χ3v) is 4.09. The SMILES string of the molecule is COc1cccc(NC2(C#N)CCCc3ccccc32)c1. The fraction of sp³-hybridized carbons (Fsp3) is 0.278. The number of nitriles is 1. The van der Waals surface area contributed by atoms with Crippen molar-refractivity contribution in [3.8, 4) is 11.8 Å². The maximum Gasteiger partial charge on any atom is 0.151 e. The molecular formula is C18H18N2O. The molecule has 3 rings (SSSR count). The summed E-state index contributed by atoms with van der Waals surface area (Å²) in [5.41, 5.74) is 2.62. The standard InChI is InChI=1S/C18H18N2O/c1-21-16-9-4-8-15(12-16)20-18(13-19)11-5-7-14-6-2-3-10-17(14)18/h2-4,6,8-10,12,20H,5,7,11H2,1H3. The summed E-state index contributed by atoms with van der Waals surface area (Å²) in [6, 6.07) is 18.5. The monoisotopic (exact) mass is 278 g/mol. The van der Waals surface area contributed by atoms with Crippen LogP contribution in [0, 0.1) is 11.3 Å². The van der Waals surface area contributed by atoms with Gasteiger partial charge in [0, 0.05) is 11.8 Å². The summed E-state index contributed by atoms with van der Waals surface area (Å²) in [5, 5.41) is 13.3. The van der Waals surface area contributed by atoms with Crippen LogP contribution < -0.4 is 10.1 Å². The predicted molar refractivity (Wildman–Crippen MR) is 83.3 cm³/mol. The average molecular weight is 278 g/mol. The summed E-state index contributed by atoms with van der Waals surface area (Å²) in [6.07, 6.45) is 2.87. The smallest absolute Gasteiger partial charge is 0.151 e. The van der Waals surface area contributed by atoms with Crippen molar-refractivity contribution in [2.45, 2.75) is 24.8 Å². The summed E-state index contributed by atoms with van der Waals surface area (Å²) in [7, 11) is 1.65. The van der Waals surface area contributed by atoms with Crippen molar-refractivity contribution >= 4 is 5.69 Å². The Balaban J connectivity index is 2.01. The second-order valence-electron chi connectivity index (χ2n) is 5.38. The molecule has 1 atom stereocenters. The Labute approximate surface area is 125 Å². The number of ether oxygens (including phenoxy) is 1. The molecule has 0 bridgehead atoms. The minimum atomic E-state index is -0.652. The molecule has 106 valence electrons. The fourth-order valence-electron chi connectivity index (χ4n) is 3.05. The Hall–Kier alpha value is -2.47. The molecule has 1 aliphatic rings. The van der Waals surface area contributed by atoms with Gasteiger partial charge in [0.05, 0.1) is 13.2 Å². The lowest BCUT2D eigenvalue weighted by molar-refractivity contribution is 0.414. The largest absolute Gasteiger partial charge is 0.497 e. The molecule has 0 aliphatic heterocycles. The van der Waals surface area contributed by atoms with E-state index in [2.05, 4.69) is 23.5 Å². The Bertz CT molecular complexity index is 690. The number of hydrogen-bond donors (Lipinski definition) is 1. The Kier molecular flexibility index (Phi) is 3.53. The number of rotatable bonds is 3. The lowest BCUT2D eigenvalue weighted by Gasteiger charge is -2.35. The van der Waals surface area contributed by atoms with Gasteiger partial charge in [-0.1, -0.05) is 30.3 Å². The maximum absolute atomic E-state index is 9.83. The highest BCUT2D eigenvalue weighted by molar-refractivity contribution is 5.56. The maximum atomic E-state index is 9.83. The minimum absolute atomic E-state index is 0.652. The zero-order valence-electron chi connectivity index (χ0n) is 12.1. The summed E-state index contributed by atoms with van der Waals surface area (Å²) in [5.74, 6) is 0.789. The van der Waals surface area contributed by atoms with Crippen molar-refractivity contribution < 1.29 is 4.74 Å². The van der Waals surface area contributed by atoms with Crippen LogP contribution in [-0.4, -0.2) is 7.11 Å². The molecule has 0 aromatic heterocycles. The molecular weight excluding hydrogens is 260 g/mol. The minimum Gasteiger partial charge on any atom is -0.497 e. The van der Waals surface area contributed by atoms with Crippen LogP contribution >= 0.6 is 0 Å². The zero-order valence-corrected chi connectivity index (χ0v) is 12.1. The van der Waals surface area contributed by atoms with E-state index in [4.69, 9.17) is 4.74 Å². The fourth-order valence-corrected chi connectivity index (χ4v) is 3.05. The molecule has 3 heteroatoms. The number of hydrogen-bond acceptors (Lipinski definition) is 3. The van der Waals surface area contributed by atoms with E-state index in [9.17, 15) is 5.26 Å². The molecule has 0 heterocycles. The van der Waals surface area contributed by atoms with Crippen molar-refractivity contribution in [1.82, 2.24) is 0 Å². The van der Waals surface area contributed by atoms with E-state index in [1.54, 1.807) is 7.11 Å². The second kappa shape index (κ2) is 5.49. The van der Waals surface area contributed by atoms with Gasteiger partial charge in [-0.2, -0.15) is 5.26 Å². The first-order valence-electron chi connectivity index (χ1n) is 7.19. The molecule has 0 radical (unpaired) electrons. The van der Waals surface area contributed by atoms with Crippen LogP contribution in [0.1, 0.15) is 24.0 Å². The highest BCUT2D eigenvalue weighted by Gasteiger charge is 2.36. The molecule has 0 fully saturated rings. The van der Waals surface area contributed by atoms with E-state index in [0.29, 0.717) is 0 Å². The number of anilines is 1. The normalized spacial score (nSPS) is 20.2. The average Bonchev–Trinajstić information content (AvgIpc) is 2.55. The Morgan fingerprint density at radius 1 is 1.19 bits per heavy atom. The first-order valence-corrected chi connectivity index (χ1v) is 7.19. The van der Waals surface area contributed by atoms with Gasteiger partial charge in [0.15, 0.2) is 5.54 Å². The van der Waals surface area contributed by atoms with Crippen LogP contribution in [0.25, 0.3) is 0 Å². The van der Waals surface area contributed by atoms with E-state index in [0.717, 1.165) is 36.3 Å². The van der Waals surface area contributed by atoms with Crippen LogP contribution in [0.15, 0.2) is 48.5 Å². The summed E-state index contributed by atoms with van der Waals surface area (Å²) < 4.78 is 5.26. The van der Waals surface area contributed by atoms with Crippen LogP contribution in [-0.2, 0) is 12.0 Å². The molecule has 3 nitrogen and oxygen atoms in total. The molecule has 0 saturated carbocycles. The van der Waals surface area contributed by atoms with Gasteiger partial charge in [0.2, 0.25) is 0 Å². The molecule has 2 aromatic rings. The first-order chi connectivity index (χ1) is 10.3. The number of nitrogens with zero attached hydrogens (tertiary/aromatic N) is 1. The third kappa shape index (κ3) is 2.45. The zero-order chi connectivity index (χ0) is 14.7. The second-order valence-corrected chi connectivity index (χ2v) is 5.38. The lowest BCUT2D eigenvalue weighted by atomic mass is 9.77. The van der Waals surface area contributed by atoms with Crippen LogP contribution in [0.2, 0.25) is 0 Å². The van der Waals surface area contributed by atoms with E-state index in [1.165, 1.54) is 5.56 Å². The number of aryl methyl sites for hydroxylation is 1. The van der Waals surface area contributed by atoms with Crippen molar-refractivity contribution in [3.63, 3.8) is 0 Å². The van der Waals surface area contributed by atoms with Crippen LogP contribution in [0.3, 0.4) is 0 Å². The number of nitrogens with one attached hydrogen (secondary N) is 1. The molecule has 0 amide bonds. The topological polar surface area (TPSA) is 45.0 Å². The van der Waals surface area contributed by atoms with E-state index in [1.807, 2.05) is 36.4 Å². The van der Waals surface area contributed by atoms with Gasteiger partial charge in [-0.3, -0.25) is 0 Å². The van der Waals surface area contributed by atoms with Gasteiger partial charge in [-0.15, -0.1) is 0 Å². The van der Waals surface area contributed by atoms with Crippen molar-refractivity contribution in [2.75, 3.05) is 12.4 Å². The first kappa shape index (κ1) is 13.5. The molecule has 0 spiro atoms. The summed E-state index contributed by atoms with van der Waals surface area (Å²) in [6.45, 7) is 0.